The van der Waals surface area contributed by atoms with Crippen molar-refractivity contribution < 1.29 is 9.53 Å². The number of fused-ring (bicyclic) bond motifs is 1. The summed E-state index contributed by atoms with van der Waals surface area (Å²) in [5, 5.41) is 7.66. The number of hydrogen-bond acceptors (Lipinski definition) is 5. The Morgan fingerprint density at radius 2 is 1.93 bits per heavy atom. The summed E-state index contributed by atoms with van der Waals surface area (Å²) in [6.45, 7) is 9.03. The van der Waals surface area contributed by atoms with Gasteiger partial charge < -0.3 is 10.1 Å². The summed E-state index contributed by atoms with van der Waals surface area (Å²) < 4.78 is 7.14. The van der Waals surface area contributed by atoms with Crippen LogP contribution in [0.1, 0.15) is 28.2 Å². The lowest BCUT2D eigenvalue weighted by Gasteiger charge is -2.26. The summed E-state index contributed by atoms with van der Waals surface area (Å²) >= 11 is 0. The van der Waals surface area contributed by atoms with Gasteiger partial charge in [0.15, 0.2) is 5.65 Å². The van der Waals surface area contributed by atoms with E-state index in [0.29, 0.717) is 12.1 Å². The van der Waals surface area contributed by atoms with Crippen molar-refractivity contribution in [1.82, 2.24) is 24.8 Å². The molecule has 7 nitrogen and oxygen atoms in total. The third-order valence-electron chi connectivity index (χ3n) is 5.41. The van der Waals surface area contributed by atoms with Gasteiger partial charge in [0.1, 0.15) is 0 Å². The SMILES string of the molecule is Cc1nn2c(C)c(C(=O)NCCCN3CCOCC3)cnc2c1-c1ccccc1. The Labute approximate surface area is 170 Å². The molecule has 1 aliphatic rings. The molecule has 0 aliphatic carbocycles. The molecule has 29 heavy (non-hydrogen) atoms. The number of hydrogen-bond donors (Lipinski definition) is 1. The summed E-state index contributed by atoms with van der Waals surface area (Å²) in [5.41, 5.74) is 5.11. The lowest BCUT2D eigenvalue weighted by Crippen LogP contribution is -2.38. The first-order chi connectivity index (χ1) is 14.1. The van der Waals surface area contributed by atoms with Crippen LogP contribution in [0.2, 0.25) is 0 Å². The highest BCUT2D eigenvalue weighted by molar-refractivity contribution is 5.95. The molecule has 1 aromatic carbocycles. The second-order valence-corrected chi connectivity index (χ2v) is 7.38. The third-order valence-corrected chi connectivity index (χ3v) is 5.41. The monoisotopic (exact) mass is 393 g/mol. The van der Waals surface area contributed by atoms with E-state index in [9.17, 15) is 4.79 Å². The zero-order chi connectivity index (χ0) is 20.2. The average Bonchev–Trinajstić information content (AvgIpc) is 3.09. The van der Waals surface area contributed by atoms with Crippen LogP contribution in [-0.2, 0) is 4.74 Å². The molecule has 3 aromatic rings. The molecular weight excluding hydrogens is 366 g/mol. The Kier molecular flexibility index (Phi) is 5.87. The summed E-state index contributed by atoms with van der Waals surface area (Å²) in [5.74, 6) is -0.103. The normalized spacial score (nSPS) is 15.0. The van der Waals surface area contributed by atoms with Gasteiger partial charge in [0.2, 0.25) is 0 Å². The Hall–Kier alpha value is -2.77. The van der Waals surface area contributed by atoms with Gasteiger partial charge in [-0.15, -0.1) is 0 Å². The highest BCUT2D eigenvalue weighted by atomic mass is 16.5. The number of nitrogens with zero attached hydrogens (tertiary/aromatic N) is 4. The van der Waals surface area contributed by atoms with Crippen LogP contribution in [0.5, 0.6) is 0 Å². The number of carbonyl (C=O) groups is 1. The Balaban J connectivity index is 1.47. The van der Waals surface area contributed by atoms with Gasteiger partial charge in [0, 0.05) is 31.4 Å². The molecule has 0 atom stereocenters. The average molecular weight is 393 g/mol. The summed E-state index contributed by atoms with van der Waals surface area (Å²) in [6, 6.07) is 10.1. The number of benzene rings is 1. The van der Waals surface area contributed by atoms with Crippen molar-refractivity contribution in [2.75, 3.05) is 39.4 Å². The fraction of sp³-hybridized carbons (Fsp3) is 0.409. The van der Waals surface area contributed by atoms with E-state index in [1.54, 1.807) is 10.7 Å². The summed E-state index contributed by atoms with van der Waals surface area (Å²) in [6.07, 6.45) is 2.58. The zero-order valence-electron chi connectivity index (χ0n) is 17.0. The summed E-state index contributed by atoms with van der Waals surface area (Å²) in [7, 11) is 0. The van der Waals surface area contributed by atoms with E-state index in [-0.39, 0.29) is 5.91 Å². The standard InChI is InChI=1S/C22H27N5O2/c1-16-20(18-7-4-3-5-8-18)21-24-15-19(17(2)27(21)25-16)22(28)23-9-6-10-26-11-13-29-14-12-26/h3-5,7-8,15H,6,9-14H2,1-2H3,(H,23,28). The first-order valence-electron chi connectivity index (χ1n) is 10.1. The fourth-order valence-corrected chi connectivity index (χ4v) is 3.79. The van der Waals surface area contributed by atoms with Crippen LogP contribution in [0.25, 0.3) is 16.8 Å². The second-order valence-electron chi connectivity index (χ2n) is 7.38. The Morgan fingerprint density at radius 3 is 2.69 bits per heavy atom. The molecule has 7 heteroatoms. The number of ether oxygens (including phenoxy) is 1. The number of amides is 1. The van der Waals surface area contributed by atoms with E-state index < -0.39 is 0 Å². The molecule has 0 radical (unpaired) electrons. The molecule has 4 rings (SSSR count). The van der Waals surface area contributed by atoms with Crippen molar-refractivity contribution in [3.63, 3.8) is 0 Å². The molecule has 1 fully saturated rings. The van der Waals surface area contributed by atoms with Gasteiger partial charge in [-0.1, -0.05) is 30.3 Å². The van der Waals surface area contributed by atoms with Crippen molar-refractivity contribution in [3.8, 4) is 11.1 Å². The van der Waals surface area contributed by atoms with Crippen LogP contribution < -0.4 is 5.32 Å². The molecule has 0 unspecified atom stereocenters. The molecule has 1 amide bonds. The van der Waals surface area contributed by atoms with E-state index in [4.69, 9.17) is 4.74 Å². The van der Waals surface area contributed by atoms with Gasteiger partial charge in [-0.2, -0.15) is 5.10 Å². The largest absolute Gasteiger partial charge is 0.379 e. The van der Waals surface area contributed by atoms with Crippen molar-refractivity contribution in [2.45, 2.75) is 20.3 Å². The maximum absolute atomic E-state index is 12.7. The van der Waals surface area contributed by atoms with Crippen molar-refractivity contribution in [2.24, 2.45) is 0 Å². The molecule has 3 heterocycles. The van der Waals surface area contributed by atoms with E-state index in [2.05, 4.69) is 32.4 Å². The van der Waals surface area contributed by atoms with Gasteiger partial charge in [0.05, 0.1) is 30.2 Å². The molecule has 152 valence electrons. The van der Waals surface area contributed by atoms with Crippen molar-refractivity contribution in [3.05, 3.63) is 53.5 Å². The molecular formula is C22H27N5O2. The van der Waals surface area contributed by atoms with Crippen LogP contribution in [0.3, 0.4) is 0 Å². The van der Waals surface area contributed by atoms with Gasteiger partial charge in [0.25, 0.3) is 5.91 Å². The highest BCUT2D eigenvalue weighted by Gasteiger charge is 2.18. The smallest absolute Gasteiger partial charge is 0.254 e. The minimum Gasteiger partial charge on any atom is -0.379 e. The molecule has 1 N–H and O–H groups in total. The van der Waals surface area contributed by atoms with Crippen molar-refractivity contribution in [1.29, 1.82) is 0 Å². The first kappa shape index (κ1) is 19.5. The van der Waals surface area contributed by atoms with E-state index in [1.807, 2.05) is 32.0 Å². The maximum atomic E-state index is 12.7. The van der Waals surface area contributed by atoms with E-state index in [1.165, 1.54) is 0 Å². The molecule has 0 saturated carbocycles. The topological polar surface area (TPSA) is 71.8 Å². The maximum Gasteiger partial charge on any atom is 0.254 e. The van der Waals surface area contributed by atoms with E-state index >= 15 is 0 Å². The van der Waals surface area contributed by atoms with Gasteiger partial charge >= 0.3 is 0 Å². The first-order valence-corrected chi connectivity index (χ1v) is 10.1. The van der Waals surface area contributed by atoms with Crippen LogP contribution in [0, 0.1) is 13.8 Å². The zero-order valence-corrected chi connectivity index (χ0v) is 17.0. The minimum absolute atomic E-state index is 0.103. The fourth-order valence-electron chi connectivity index (χ4n) is 3.79. The Bertz CT molecular complexity index is 993. The lowest BCUT2D eigenvalue weighted by atomic mass is 10.1. The van der Waals surface area contributed by atoms with Gasteiger partial charge in [-0.25, -0.2) is 9.50 Å². The molecule has 1 aliphatic heterocycles. The number of nitrogens with one attached hydrogen (secondary N) is 1. The van der Waals surface area contributed by atoms with Gasteiger partial charge in [-0.3, -0.25) is 9.69 Å². The molecule has 2 aromatic heterocycles. The lowest BCUT2D eigenvalue weighted by molar-refractivity contribution is 0.0374. The highest BCUT2D eigenvalue weighted by Crippen LogP contribution is 2.27. The third kappa shape index (κ3) is 4.16. The van der Waals surface area contributed by atoms with Crippen LogP contribution in [0.15, 0.2) is 36.5 Å². The van der Waals surface area contributed by atoms with Crippen LogP contribution >= 0.6 is 0 Å². The quantitative estimate of drug-likeness (QED) is 0.652. The Morgan fingerprint density at radius 1 is 1.17 bits per heavy atom. The predicted molar refractivity (Wildman–Crippen MR) is 112 cm³/mol. The number of carbonyl (C=O) groups excluding carboxylic acids is 1. The number of morpholine rings is 1. The van der Waals surface area contributed by atoms with Crippen LogP contribution in [0.4, 0.5) is 0 Å². The summed E-state index contributed by atoms with van der Waals surface area (Å²) in [4.78, 5) is 19.6. The molecule has 0 spiro atoms. The second kappa shape index (κ2) is 8.71. The molecule has 1 saturated heterocycles. The van der Waals surface area contributed by atoms with E-state index in [0.717, 1.165) is 67.4 Å². The minimum atomic E-state index is -0.103. The number of rotatable bonds is 6. The van der Waals surface area contributed by atoms with Gasteiger partial charge in [-0.05, 0) is 32.4 Å². The number of aromatic nitrogens is 3. The van der Waals surface area contributed by atoms with Crippen LogP contribution in [-0.4, -0.2) is 64.8 Å². The number of aryl methyl sites for hydroxylation is 2. The molecule has 0 bridgehead atoms. The van der Waals surface area contributed by atoms with Crippen molar-refractivity contribution >= 4 is 11.6 Å². The predicted octanol–water partition coefficient (Wildman–Crippen LogP) is 2.47.